The number of rotatable bonds is 6. The fourth-order valence-corrected chi connectivity index (χ4v) is 2.34. The molecular formula is C13H28N2OS. The third-order valence-electron chi connectivity index (χ3n) is 3.14. The van der Waals surface area contributed by atoms with Gasteiger partial charge in [-0.25, -0.2) is 4.31 Å². The van der Waals surface area contributed by atoms with Crippen LogP contribution in [0.3, 0.4) is 0 Å². The molecule has 0 unspecified atom stereocenters. The molecule has 1 rings (SSSR count). The van der Waals surface area contributed by atoms with Gasteiger partial charge < -0.3 is 4.74 Å². The standard InChI is InChI=1S/C13H28N2OS/c1-13(2,3)5-11-16-12-10-14-6-8-15(17-4)9-7-14/h5-12H2,1-4H3. The lowest BCUT2D eigenvalue weighted by atomic mass is 9.93. The Hall–Kier alpha value is 0.230. The summed E-state index contributed by atoms with van der Waals surface area (Å²) < 4.78 is 8.13. The van der Waals surface area contributed by atoms with E-state index >= 15 is 0 Å². The van der Waals surface area contributed by atoms with Gasteiger partial charge in [0.25, 0.3) is 0 Å². The molecule has 17 heavy (non-hydrogen) atoms. The predicted octanol–water partition coefficient (Wildman–Crippen LogP) is 2.33. The van der Waals surface area contributed by atoms with Gasteiger partial charge in [-0.2, -0.15) is 0 Å². The van der Waals surface area contributed by atoms with Crippen LogP contribution in [0.5, 0.6) is 0 Å². The van der Waals surface area contributed by atoms with Gasteiger partial charge in [0.15, 0.2) is 0 Å². The van der Waals surface area contributed by atoms with Gasteiger partial charge in [-0.05, 0) is 18.1 Å². The van der Waals surface area contributed by atoms with Crippen molar-refractivity contribution in [2.45, 2.75) is 27.2 Å². The molecule has 0 amide bonds. The third-order valence-corrected chi connectivity index (χ3v) is 4.02. The molecule has 1 fully saturated rings. The smallest absolute Gasteiger partial charge is 0.0593 e. The van der Waals surface area contributed by atoms with E-state index in [2.05, 4.69) is 36.2 Å². The second-order valence-electron chi connectivity index (χ2n) is 5.88. The average Bonchev–Trinajstić information content (AvgIpc) is 2.28. The van der Waals surface area contributed by atoms with E-state index in [0.717, 1.165) is 26.2 Å². The van der Waals surface area contributed by atoms with Crippen molar-refractivity contribution >= 4 is 11.9 Å². The van der Waals surface area contributed by atoms with Crippen molar-refractivity contribution in [3.05, 3.63) is 0 Å². The summed E-state index contributed by atoms with van der Waals surface area (Å²) in [6.07, 6.45) is 3.30. The maximum absolute atomic E-state index is 5.71. The van der Waals surface area contributed by atoms with Crippen LogP contribution in [0.1, 0.15) is 27.2 Å². The number of piperazine rings is 1. The highest BCUT2D eigenvalue weighted by atomic mass is 32.2. The SMILES string of the molecule is CSN1CCN(CCOCCC(C)(C)C)CC1. The van der Waals surface area contributed by atoms with Crippen LogP contribution in [-0.2, 0) is 4.74 Å². The Morgan fingerprint density at radius 3 is 2.24 bits per heavy atom. The minimum atomic E-state index is 0.393. The quantitative estimate of drug-likeness (QED) is 0.538. The second-order valence-corrected chi connectivity index (χ2v) is 6.76. The Morgan fingerprint density at radius 2 is 1.71 bits per heavy atom. The highest BCUT2D eigenvalue weighted by Crippen LogP contribution is 2.17. The fourth-order valence-electron chi connectivity index (χ4n) is 1.81. The van der Waals surface area contributed by atoms with Crippen LogP contribution in [0, 0.1) is 5.41 Å². The summed E-state index contributed by atoms with van der Waals surface area (Å²) in [5.74, 6) is 0. The highest BCUT2D eigenvalue weighted by molar-refractivity contribution is 7.96. The highest BCUT2D eigenvalue weighted by Gasteiger charge is 2.15. The molecule has 1 aliphatic rings. The Morgan fingerprint density at radius 1 is 1.06 bits per heavy atom. The minimum Gasteiger partial charge on any atom is -0.380 e. The zero-order valence-electron chi connectivity index (χ0n) is 11.9. The van der Waals surface area contributed by atoms with E-state index < -0.39 is 0 Å². The van der Waals surface area contributed by atoms with Crippen molar-refractivity contribution in [2.75, 3.05) is 52.2 Å². The Labute approximate surface area is 111 Å². The maximum Gasteiger partial charge on any atom is 0.0593 e. The van der Waals surface area contributed by atoms with E-state index in [4.69, 9.17) is 4.74 Å². The number of ether oxygens (including phenoxy) is 1. The molecule has 3 nitrogen and oxygen atoms in total. The van der Waals surface area contributed by atoms with Crippen molar-refractivity contribution in [3.8, 4) is 0 Å². The van der Waals surface area contributed by atoms with Gasteiger partial charge >= 0.3 is 0 Å². The van der Waals surface area contributed by atoms with E-state index in [-0.39, 0.29) is 0 Å². The Bertz CT molecular complexity index is 198. The van der Waals surface area contributed by atoms with Gasteiger partial charge in [-0.3, -0.25) is 4.90 Å². The van der Waals surface area contributed by atoms with Crippen molar-refractivity contribution in [3.63, 3.8) is 0 Å². The fraction of sp³-hybridized carbons (Fsp3) is 1.00. The topological polar surface area (TPSA) is 15.7 Å². The van der Waals surface area contributed by atoms with Crippen LogP contribution in [0.15, 0.2) is 0 Å². The summed E-state index contributed by atoms with van der Waals surface area (Å²) in [6, 6.07) is 0. The van der Waals surface area contributed by atoms with Crippen molar-refractivity contribution < 1.29 is 4.74 Å². The molecule has 0 radical (unpaired) electrons. The molecule has 102 valence electrons. The van der Waals surface area contributed by atoms with E-state index in [1.807, 2.05) is 11.9 Å². The van der Waals surface area contributed by atoms with Crippen LogP contribution in [0.4, 0.5) is 0 Å². The molecule has 0 bridgehead atoms. The average molecular weight is 260 g/mol. The largest absolute Gasteiger partial charge is 0.380 e. The molecule has 0 atom stereocenters. The van der Waals surface area contributed by atoms with Gasteiger partial charge in [0.2, 0.25) is 0 Å². The summed E-state index contributed by atoms with van der Waals surface area (Å²) in [6.45, 7) is 14.4. The summed E-state index contributed by atoms with van der Waals surface area (Å²) in [5, 5.41) is 0. The Balaban J connectivity index is 1.97. The summed E-state index contributed by atoms with van der Waals surface area (Å²) in [4.78, 5) is 2.50. The van der Waals surface area contributed by atoms with Gasteiger partial charge in [0.1, 0.15) is 0 Å². The van der Waals surface area contributed by atoms with Crippen molar-refractivity contribution in [1.29, 1.82) is 0 Å². The predicted molar refractivity (Wildman–Crippen MR) is 76.4 cm³/mol. The number of hydrogen-bond acceptors (Lipinski definition) is 4. The van der Waals surface area contributed by atoms with E-state index in [1.54, 1.807) is 0 Å². The zero-order valence-corrected chi connectivity index (χ0v) is 12.7. The first-order valence-corrected chi connectivity index (χ1v) is 7.78. The lowest BCUT2D eigenvalue weighted by molar-refractivity contribution is 0.0767. The van der Waals surface area contributed by atoms with Crippen LogP contribution in [0.25, 0.3) is 0 Å². The molecule has 0 N–H and O–H groups in total. The summed E-state index contributed by atoms with van der Waals surface area (Å²) in [5.41, 5.74) is 0.393. The lowest BCUT2D eigenvalue weighted by Gasteiger charge is -2.33. The van der Waals surface area contributed by atoms with E-state index in [9.17, 15) is 0 Å². The zero-order chi connectivity index (χ0) is 12.7. The Kier molecular flexibility index (Phi) is 6.85. The van der Waals surface area contributed by atoms with Crippen LogP contribution in [-0.4, -0.2) is 61.4 Å². The first kappa shape index (κ1) is 15.3. The molecule has 1 heterocycles. The van der Waals surface area contributed by atoms with Gasteiger partial charge in [-0.1, -0.05) is 32.7 Å². The minimum absolute atomic E-state index is 0.393. The molecule has 0 aromatic rings. The molecule has 1 aliphatic heterocycles. The first-order valence-electron chi connectivity index (χ1n) is 6.60. The van der Waals surface area contributed by atoms with E-state index in [1.165, 1.54) is 26.2 Å². The monoisotopic (exact) mass is 260 g/mol. The number of hydrogen-bond donors (Lipinski definition) is 0. The third kappa shape index (κ3) is 7.29. The lowest BCUT2D eigenvalue weighted by Crippen LogP contribution is -2.44. The van der Waals surface area contributed by atoms with Gasteiger partial charge in [-0.15, -0.1) is 0 Å². The van der Waals surface area contributed by atoms with Crippen LogP contribution < -0.4 is 0 Å². The molecular weight excluding hydrogens is 232 g/mol. The number of nitrogens with zero attached hydrogens (tertiary/aromatic N) is 2. The maximum atomic E-state index is 5.71. The molecule has 0 saturated carbocycles. The van der Waals surface area contributed by atoms with E-state index in [0.29, 0.717) is 5.41 Å². The molecule has 0 aromatic carbocycles. The summed E-state index contributed by atoms with van der Waals surface area (Å²) in [7, 11) is 0. The second kappa shape index (κ2) is 7.62. The van der Waals surface area contributed by atoms with Gasteiger partial charge in [0, 0.05) is 39.3 Å². The van der Waals surface area contributed by atoms with Crippen molar-refractivity contribution in [1.82, 2.24) is 9.21 Å². The molecule has 0 aliphatic carbocycles. The molecule has 1 saturated heterocycles. The molecule has 0 aromatic heterocycles. The first-order chi connectivity index (χ1) is 8.01. The normalized spacial score (nSPS) is 19.8. The van der Waals surface area contributed by atoms with Crippen LogP contribution >= 0.6 is 11.9 Å². The van der Waals surface area contributed by atoms with Crippen LogP contribution in [0.2, 0.25) is 0 Å². The molecule has 0 spiro atoms. The molecule has 4 heteroatoms. The summed E-state index contributed by atoms with van der Waals surface area (Å²) >= 11 is 1.86. The van der Waals surface area contributed by atoms with Gasteiger partial charge in [0.05, 0.1) is 6.61 Å². The van der Waals surface area contributed by atoms with Crippen molar-refractivity contribution in [2.24, 2.45) is 5.41 Å².